The minimum Gasteiger partial charge on any atom is -0.480 e. The summed E-state index contributed by atoms with van der Waals surface area (Å²) in [4.78, 5) is 11.3. The Labute approximate surface area is 108 Å². The number of rotatable bonds is 4. The highest BCUT2D eigenvalue weighted by molar-refractivity contribution is 5.73. The van der Waals surface area contributed by atoms with Gasteiger partial charge in [-0.15, -0.1) is 5.10 Å². The van der Waals surface area contributed by atoms with Crippen molar-refractivity contribution in [3.8, 4) is 11.4 Å². The van der Waals surface area contributed by atoms with Crippen molar-refractivity contribution < 1.29 is 14.3 Å². The van der Waals surface area contributed by atoms with E-state index in [9.17, 15) is 14.3 Å². The maximum atomic E-state index is 12.9. The normalized spacial score (nSPS) is 12.6. The molecule has 1 aromatic carbocycles. The highest BCUT2D eigenvalue weighted by Gasteiger charge is 2.28. The van der Waals surface area contributed by atoms with E-state index in [2.05, 4.69) is 15.5 Å². The Bertz CT molecular complexity index is 580. The minimum atomic E-state index is -1.01. The number of nitrogens with zero attached hydrogens (tertiary/aromatic N) is 4. The molecule has 19 heavy (non-hydrogen) atoms. The van der Waals surface area contributed by atoms with Crippen LogP contribution in [0.2, 0.25) is 0 Å². The SMILES string of the molecule is CC(C)C(C(=O)O)n1nnnc1-c1ccc(F)cc1. The number of aliphatic carboxylic acids is 1. The van der Waals surface area contributed by atoms with Gasteiger partial charge in [-0.1, -0.05) is 13.8 Å². The van der Waals surface area contributed by atoms with Gasteiger partial charge in [-0.05, 0) is 40.6 Å². The molecular weight excluding hydrogens is 251 g/mol. The van der Waals surface area contributed by atoms with Crippen molar-refractivity contribution in [1.29, 1.82) is 0 Å². The molecule has 0 saturated heterocycles. The monoisotopic (exact) mass is 264 g/mol. The van der Waals surface area contributed by atoms with Crippen molar-refractivity contribution in [2.75, 3.05) is 0 Å². The van der Waals surface area contributed by atoms with Crippen molar-refractivity contribution in [3.63, 3.8) is 0 Å². The molecule has 2 rings (SSSR count). The summed E-state index contributed by atoms with van der Waals surface area (Å²) in [5, 5.41) is 20.3. The number of hydrogen-bond acceptors (Lipinski definition) is 4. The van der Waals surface area contributed by atoms with E-state index in [-0.39, 0.29) is 11.7 Å². The van der Waals surface area contributed by atoms with E-state index in [4.69, 9.17) is 0 Å². The third-order valence-electron chi connectivity index (χ3n) is 2.74. The third-order valence-corrected chi connectivity index (χ3v) is 2.74. The summed E-state index contributed by atoms with van der Waals surface area (Å²) in [5.41, 5.74) is 0.568. The fourth-order valence-corrected chi connectivity index (χ4v) is 1.84. The molecule has 0 saturated carbocycles. The second-order valence-corrected chi connectivity index (χ2v) is 4.48. The molecule has 7 heteroatoms. The lowest BCUT2D eigenvalue weighted by Crippen LogP contribution is -2.26. The molecular formula is C12H13FN4O2. The van der Waals surface area contributed by atoms with Gasteiger partial charge in [0.1, 0.15) is 5.82 Å². The minimum absolute atomic E-state index is 0.180. The van der Waals surface area contributed by atoms with E-state index < -0.39 is 12.0 Å². The van der Waals surface area contributed by atoms with Gasteiger partial charge in [0.05, 0.1) is 0 Å². The Balaban J connectivity index is 2.47. The van der Waals surface area contributed by atoms with Crippen molar-refractivity contribution in [3.05, 3.63) is 30.1 Å². The summed E-state index contributed by atoms with van der Waals surface area (Å²) in [6, 6.07) is 4.71. The predicted molar refractivity (Wildman–Crippen MR) is 64.7 cm³/mol. The van der Waals surface area contributed by atoms with Gasteiger partial charge in [0.15, 0.2) is 11.9 Å². The molecule has 1 unspecified atom stereocenters. The molecule has 1 heterocycles. The molecule has 0 fully saturated rings. The maximum absolute atomic E-state index is 12.9. The number of halogens is 1. The first-order valence-electron chi connectivity index (χ1n) is 5.77. The summed E-state index contributed by atoms with van der Waals surface area (Å²) < 4.78 is 14.1. The van der Waals surface area contributed by atoms with Crippen molar-refractivity contribution >= 4 is 5.97 Å². The molecule has 6 nitrogen and oxygen atoms in total. The topological polar surface area (TPSA) is 80.9 Å². The summed E-state index contributed by atoms with van der Waals surface area (Å²) in [6.45, 7) is 3.55. The molecule has 0 bridgehead atoms. The Morgan fingerprint density at radius 2 is 1.95 bits per heavy atom. The lowest BCUT2D eigenvalue weighted by atomic mass is 10.0. The van der Waals surface area contributed by atoms with Gasteiger partial charge >= 0.3 is 5.97 Å². The second-order valence-electron chi connectivity index (χ2n) is 4.48. The summed E-state index contributed by atoms with van der Waals surface area (Å²) in [5.74, 6) is -1.26. The third kappa shape index (κ3) is 2.59. The van der Waals surface area contributed by atoms with Gasteiger partial charge in [0, 0.05) is 5.56 Å². The average molecular weight is 264 g/mol. The smallest absolute Gasteiger partial charge is 0.328 e. The highest BCUT2D eigenvalue weighted by Crippen LogP contribution is 2.24. The molecule has 0 radical (unpaired) electrons. The quantitative estimate of drug-likeness (QED) is 0.910. The van der Waals surface area contributed by atoms with Crippen LogP contribution in [0.3, 0.4) is 0 Å². The summed E-state index contributed by atoms with van der Waals surface area (Å²) in [7, 11) is 0. The van der Waals surface area contributed by atoms with Crippen LogP contribution < -0.4 is 0 Å². The molecule has 0 aliphatic carbocycles. The fraction of sp³-hybridized carbons (Fsp3) is 0.333. The fourth-order valence-electron chi connectivity index (χ4n) is 1.84. The molecule has 0 aliphatic heterocycles. The first-order valence-corrected chi connectivity index (χ1v) is 5.77. The number of carboxylic acids is 1. The zero-order valence-corrected chi connectivity index (χ0v) is 10.5. The number of aromatic nitrogens is 4. The second kappa shape index (κ2) is 5.13. The van der Waals surface area contributed by atoms with Crippen LogP contribution in [0.25, 0.3) is 11.4 Å². The molecule has 0 spiro atoms. The number of benzene rings is 1. The average Bonchev–Trinajstić information content (AvgIpc) is 2.78. The van der Waals surface area contributed by atoms with Gasteiger partial charge in [-0.2, -0.15) is 0 Å². The lowest BCUT2D eigenvalue weighted by molar-refractivity contribution is -0.142. The van der Waals surface area contributed by atoms with Gasteiger partial charge in [0.2, 0.25) is 0 Å². The Morgan fingerprint density at radius 1 is 1.32 bits per heavy atom. The van der Waals surface area contributed by atoms with Crippen LogP contribution in [0, 0.1) is 11.7 Å². The van der Waals surface area contributed by atoms with Gasteiger partial charge in [-0.25, -0.2) is 13.9 Å². The van der Waals surface area contributed by atoms with E-state index >= 15 is 0 Å². The largest absolute Gasteiger partial charge is 0.480 e. The zero-order chi connectivity index (χ0) is 14.0. The molecule has 1 N–H and O–H groups in total. The standard InChI is InChI=1S/C12H13FN4O2/c1-7(2)10(12(18)19)17-11(14-15-16-17)8-3-5-9(13)6-4-8/h3-7,10H,1-2H3,(H,18,19). The number of tetrazole rings is 1. The summed E-state index contributed by atoms with van der Waals surface area (Å²) in [6.07, 6.45) is 0. The first kappa shape index (κ1) is 13.1. The van der Waals surface area contributed by atoms with E-state index in [1.54, 1.807) is 13.8 Å². The molecule has 100 valence electrons. The van der Waals surface area contributed by atoms with Crippen molar-refractivity contribution in [2.24, 2.45) is 5.92 Å². The Kier molecular flexibility index (Phi) is 3.55. The molecule has 2 aromatic rings. The number of carboxylic acid groups (broad SMARTS) is 1. The van der Waals surface area contributed by atoms with Crippen LogP contribution in [-0.2, 0) is 4.79 Å². The van der Waals surface area contributed by atoms with Crippen molar-refractivity contribution in [2.45, 2.75) is 19.9 Å². The Hall–Kier alpha value is -2.31. The number of carbonyl (C=O) groups is 1. The van der Waals surface area contributed by atoms with E-state index in [1.165, 1.54) is 28.9 Å². The van der Waals surface area contributed by atoms with E-state index in [1.807, 2.05) is 0 Å². The van der Waals surface area contributed by atoms with Crippen molar-refractivity contribution in [1.82, 2.24) is 20.2 Å². The summed E-state index contributed by atoms with van der Waals surface area (Å²) >= 11 is 0. The highest BCUT2D eigenvalue weighted by atomic mass is 19.1. The van der Waals surface area contributed by atoms with Crippen LogP contribution in [0.15, 0.2) is 24.3 Å². The van der Waals surface area contributed by atoms with Gasteiger partial charge in [-0.3, -0.25) is 0 Å². The lowest BCUT2D eigenvalue weighted by Gasteiger charge is -2.17. The van der Waals surface area contributed by atoms with Gasteiger partial charge in [0.25, 0.3) is 0 Å². The van der Waals surface area contributed by atoms with Crippen LogP contribution in [0.4, 0.5) is 4.39 Å². The van der Waals surface area contributed by atoms with E-state index in [0.29, 0.717) is 11.4 Å². The zero-order valence-electron chi connectivity index (χ0n) is 10.5. The molecule has 1 atom stereocenters. The van der Waals surface area contributed by atoms with Crippen LogP contribution >= 0.6 is 0 Å². The van der Waals surface area contributed by atoms with Crippen LogP contribution in [0.5, 0.6) is 0 Å². The molecule has 0 aliphatic rings. The molecule has 0 amide bonds. The molecule has 1 aromatic heterocycles. The van der Waals surface area contributed by atoms with Gasteiger partial charge < -0.3 is 5.11 Å². The predicted octanol–water partition coefficient (Wildman–Crippen LogP) is 1.76. The van der Waals surface area contributed by atoms with Crippen LogP contribution in [0.1, 0.15) is 19.9 Å². The number of hydrogen-bond donors (Lipinski definition) is 1. The Morgan fingerprint density at radius 3 is 2.47 bits per heavy atom. The first-order chi connectivity index (χ1) is 9.00. The maximum Gasteiger partial charge on any atom is 0.328 e. The van der Waals surface area contributed by atoms with Crippen LogP contribution in [-0.4, -0.2) is 31.3 Å². The van der Waals surface area contributed by atoms with E-state index in [0.717, 1.165) is 0 Å².